The molecule has 0 spiro atoms. The van der Waals surface area contributed by atoms with Gasteiger partial charge in [-0.15, -0.1) is 0 Å². The van der Waals surface area contributed by atoms with Crippen LogP contribution >= 0.6 is 27.5 Å². The zero-order valence-electron chi connectivity index (χ0n) is 11.8. The van der Waals surface area contributed by atoms with Crippen LogP contribution in [0.4, 0.5) is 5.82 Å². The third kappa shape index (κ3) is 2.95. The lowest BCUT2D eigenvalue weighted by Crippen LogP contribution is -2.17. The van der Waals surface area contributed by atoms with Gasteiger partial charge in [-0.3, -0.25) is 0 Å². The van der Waals surface area contributed by atoms with Gasteiger partial charge in [0.15, 0.2) is 5.65 Å². The van der Waals surface area contributed by atoms with Crippen molar-refractivity contribution in [1.82, 2.24) is 14.6 Å². The van der Waals surface area contributed by atoms with E-state index in [1.54, 1.807) is 17.6 Å². The highest BCUT2D eigenvalue weighted by Gasteiger charge is 2.13. The molecule has 2 aromatic heterocycles. The van der Waals surface area contributed by atoms with Gasteiger partial charge in [-0.05, 0) is 28.9 Å². The standard InChI is InChI=1S/C15H14BrClN4O/c1-9(22)7-18-14-6-13(10-4-2-3-5-12(10)17)20-15-11(16)8-19-21(14)15/h2-6,8-9,18,22H,7H2,1H3/t9-/m0/s1. The Morgan fingerprint density at radius 1 is 1.41 bits per heavy atom. The molecule has 0 aliphatic heterocycles. The van der Waals surface area contributed by atoms with Crippen LogP contribution in [-0.4, -0.2) is 32.4 Å². The number of hydrogen-bond acceptors (Lipinski definition) is 4. The normalized spacial score (nSPS) is 12.5. The number of nitrogens with one attached hydrogen (secondary N) is 1. The summed E-state index contributed by atoms with van der Waals surface area (Å²) in [6, 6.07) is 9.42. The third-order valence-electron chi connectivity index (χ3n) is 3.16. The van der Waals surface area contributed by atoms with Gasteiger partial charge in [0.2, 0.25) is 0 Å². The number of halogens is 2. The molecule has 1 atom stereocenters. The molecule has 0 aliphatic carbocycles. The Balaban J connectivity index is 2.15. The monoisotopic (exact) mass is 380 g/mol. The molecule has 0 bridgehead atoms. The molecule has 2 heterocycles. The Morgan fingerprint density at radius 3 is 2.91 bits per heavy atom. The minimum absolute atomic E-state index is 0.415. The molecule has 0 saturated carbocycles. The van der Waals surface area contributed by atoms with E-state index in [-0.39, 0.29) is 0 Å². The number of aromatic nitrogens is 3. The molecule has 114 valence electrons. The van der Waals surface area contributed by atoms with Crippen molar-refractivity contribution >= 4 is 39.0 Å². The molecule has 22 heavy (non-hydrogen) atoms. The van der Waals surface area contributed by atoms with E-state index in [0.717, 1.165) is 21.5 Å². The number of anilines is 1. The third-order valence-corrected chi connectivity index (χ3v) is 4.05. The van der Waals surface area contributed by atoms with Gasteiger partial charge >= 0.3 is 0 Å². The topological polar surface area (TPSA) is 62.5 Å². The molecule has 0 aliphatic rings. The van der Waals surface area contributed by atoms with Crippen LogP contribution in [0.5, 0.6) is 0 Å². The van der Waals surface area contributed by atoms with Crippen molar-refractivity contribution in [3.63, 3.8) is 0 Å². The van der Waals surface area contributed by atoms with Gasteiger partial charge in [0.05, 0.1) is 22.5 Å². The number of aliphatic hydroxyl groups excluding tert-OH is 1. The summed E-state index contributed by atoms with van der Waals surface area (Å²) in [6.07, 6.45) is 1.22. The molecule has 0 amide bonds. The molecule has 3 aromatic rings. The highest BCUT2D eigenvalue weighted by molar-refractivity contribution is 9.10. The maximum atomic E-state index is 9.48. The fourth-order valence-electron chi connectivity index (χ4n) is 2.12. The molecular weight excluding hydrogens is 368 g/mol. The second-order valence-electron chi connectivity index (χ2n) is 4.96. The summed E-state index contributed by atoms with van der Waals surface area (Å²) in [6.45, 7) is 2.14. The number of benzene rings is 1. The summed E-state index contributed by atoms with van der Waals surface area (Å²) in [5, 5.41) is 17.6. The predicted molar refractivity (Wildman–Crippen MR) is 91.3 cm³/mol. The second-order valence-corrected chi connectivity index (χ2v) is 6.23. The lowest BCUT2D eigenvalue weighted by molar-refractivity contribution is 0.208. The van der Waals surface area contributed by atoms with Crippen LogP contribution in [0.1, 0.15) is 6.92 Å². The Bertz CT molecular complexity index is 818. The minimum Gasteiger partial charge on any atom is -0.392 e. The van der Waals surface area contributed by atoms with Crippen LogP contribution in [0.15, 0.2) is 41.0 Å². The van der Waals surface area contributed by atoms with Crippen molar-refractivity contribution in [1.29, 1.82) is 0 Å². The predicted octanol–water partition coefficient (Wildman–Crippen LogP) is 3.60. The van der Waals surface area contributed by atoms with E-state index >= 15 is 0 Å². The first-order valence-electron chi connectivity index (χ1n) is 6.77. The van der Waals surface area contributed by atoms with Crippen LogP contribution in [0.2, 0.25) is 5.02 Å². The van der Waals surface area contributed by atoms with Crippen molar-refractivity contribution < 1.29 is 5.11 Å². The molecule has 0 saturated heterocycles. The van der Waals surface area contributed by atoms with Crippen LogP contribution in [0.25, 0.3) is 16.9 Å². The molecule has 3 rings (SSSR count). The average Bonchev–Trinajstić information content (AvgIpc) is 2.87. The summed E-state index contributed by atoms with van der Waals surface area (Å²) in [5.74, 6) is 0.742. The van der Waals surface area contributed by atoms with Gasteiger partial charge in [0.1, 0.15) is 5.82 Å². The van der Waals surface area contributed by atoms with Gasteiger partial charge in [0, 0.05) is 23.2 Å². The SMILES string of the molecule is C[C@H](O)CNc1cc(-c2ccccc2Cl)nc2c(Br)cnn12. The Hall–Kier alpha value is -1.63. The van der Waals surface area contributed by atoms with Crippen molar-refractivity contribution in [2.75, 3.05) is 11.9 Å². The zero-order valence-corrected chi connectivity index (χ0v) is 14.1. The van der Waals surface area contributed by atoms with E-state index in [4.69, 9.17) is 11.6 Å². The van der Waals surface area contributed by atoms with E-state index in [1.165, 1.54) is 0 Å². The molecule has 0 fully saturated rings. The van der Waals surface area contributed by atoms with E-state index in [2.05, 4.69) is 31.3 Å². The first-order valence-corrected chi connectivity index (χ1v) is 7.94. The number of hydrogen-bond donors (Lipinski definition) is 2. The molecular formula is C15H14BrClN4O. The molecule has 5 nitrogen and oxygen atoms in total. The van der Waals surface area contributed by atoms with Gasteiger partial charge in [-0.25, -0.2) is 4.98 Å². The van der Waals surface area contributed by atoms with Gasteiger partial charge in [-0.2, -0.15) is 9.61 Å². The summed E-state index contributed by atoms with van der Waals surface area (Å²) in [5.41, 5.74) is 2.28. The summed E-state index contributed by atoms with van der Waals surface area (Å²) < 4.78 is 2.48. The van der Waals surface area contributed by atoms with E-state index < -0.39 is 6.10 Å². The highest BCUT2D eigenvalue weighted by Crippen LogP contribution is 2.30. The lowest BCUT2D eigenvalue weighted by atomic mass is 10.1. The Kier molecular flexibility index (Phi) is 4.33. The van der Waals surface area contributed by atoms with E-state index in [0.29, 0.717) is 17.2 Å². The number of aliphatic hydroxyl groups is 1. The first kappa shape index (κ1) is 15.3. The largest absolute Gasteiger partial charge is 0.392 e. The van der Waals surface area contributed by atoms with Crippen molar-refractivity contribution in [2.45, 2.75) is 13.0 Å². The van der Waals surface area contributed by atoms with Gasteiger partial charge in [-0.1, -0.05) is 29.8 Å². The Labute approximate surface area is 141 Å². The highest BCUT2D eigenvalue weighted by atomic mass is 79.9. The molecule has 0 unspecified atom stereocenters. The van der Waals surface area contributed by atoms with Crippen molar-refractivity contribution in [2.24, 2.45) is 0 Å². The minimum atomic E-state index is -0.467. The lowest BCUT2D eigenvalue weighted by Gasteiger charge is -2.12. The summed E-state index contributed by atoms with van der Waals surface area (Å²) in [7, 11) is 0. The van der Waals surface area contributed by atoms with Crippen LogP contribution < -0.4 is 5.32 Å². The van der Waals surface area contributed by atoms with E-state index in [9.17, 15) is 5.11 Å². The fourth-order valence-corrected chi connectivity index (χ4v) is 2.70. The first-order chi connectivity index (χ1) is 10.6. The number of rotatable bonds is 4. The average molecular weight is 382 g/mol. The molecule has 1 aromatic carbocycles. The van der Waals surface area contributed by atoms with Crippen LogP contribution in [0, 0.1) is 0 Å². The second kappa shape index (κ2) is 6.24. The smallest absolute Gasteiger partial charge is 0.172 e. The molecule has 0 radical (unpaired) electrons. The maximum absolute atomic E-state index is 9.48. The zero-order chi connectivity index (χ0) is 15.7. The summed E-state index contributed by atoms with van der Waals surface area (Å²) >= 11 is 9.72. The molecule has 2 N–H and O–H groups in total. The Morgan fingerprint density at radius 2 is 2.18 bits per heavy atom. The molecule has 7 heteroatoms. The van der Waals surface area contributed by atoms with Crippen molar-refractivity contribution in [3.8, 4) is 11.3 Å². The summed E-state index contributed by atoms with van der Waals surface area (Å²) in [4.78, 5) is 4.62. The van der Waals surface area contributed by atoms with E-state index in [1.807, 2.05) is 30.3 Å². The van der Waals surface area contributed by atoms with Gasteiger partial charge < -0.3 is 10.4 Å². The maximum Gasteiger partial charge on any atom is 0.172 e. The number of fused-ring (bicyclic) bond motifs is 1. The van der Waals surface area contributed by atoms with Crippen LogP contribution in [0.3, 0.4) is 0 Å². The fraction of sp³-hybridized carbons (Fsp3) is 0.200. The van der Waals surface area contributed by atoms with Gasteiger partial charge in [0.25, 0.3) is 0 Å². The van der Waals surface area contributed by atoms with Crippen LogP contribution in [-0.2, 0) is 0 Å². The van der Waals surface area contributed by atoms with Crippen molar-refractivity contribution in [3.05, 3.63) is 46.0 Å². The number of nitrogens with zero attached hydrogens (tertiary/aromatic N) is 3. The quantitative estimate of drug-likeness (QED) is 0.725.